The molecule has 3 aromatic rings. The van der Waals surface area contributed by atoms with E-state index in [1.165, 1.54) is 6.26 Å². The average molecular weight is 457 g/mol. The van der Waals surface area contributed by atoms with Gasteiger partial charge in [0.15, 0.2) is 11.5 Å². The predicted octanol–water partition coefficient (Wildman–Crippen LogP) is 5.00. The zero-order chi connectivity index (χ0) is 23.7. The second-order valence-electron chi connectivity index (χ2n) is 9.01. The van der Waals surface area contributed by atoms with Gasteiger partial charge < -0.3 is 14.4 Å². The van der Waals surface area contributed by atoms with Crippen molar-refractivity contribution >= 4 is 11.7 Å². The Balaban J connectivity index is 1.57. The highest BCUT2D eigenvalue weighted by molar-refractivity contribution is 6.15. The quantitative estimate of drug-likeness (QED) is 0.506. The molecule has 1 N–H and O–H groups in total. The highest BCUT2D eigenvalue weighted by Gasteiger charge is 2.45. The topological polar surface area (TPSA) is 74.0 Å². The van der Waals surface area contributed by atoms with Crippen LogP contribution >= 0.6 is 0 Å². The smallest absolute Gasteiger partial charge is 0.290 e. The molecule has 2 atom stereocenters. The number of furan rings is 1. The van der Waals surface area contributed by atoms with Crippen LogP contribution in [0.2, 0.25) is 0 Å². The Morgan fingerprint density at radius 1 is 1.06 bits per heavy atom. The summed E-state index contributed by atoms with van der Waals surface area (Å²) in [6.45, 7) is 4.24. The summed E-state index contributed by atoms with van der Waals surface area (Å²) in [6, 6.07) is 20.3. The average Bonchev–Trinajstić information content (AvgIpc) is 3.61. The van der Waals surface area contributed by atoms with E-state index in [1.54, 1.807) is 17.0 Å². The standard InChI is InChI=1S/C28H28N2O4/c1-19-9-7-12-21(17-19)25-24(26(31)23-13-8-16-34-23)27(32)28(33)30(25)18-22(29-14-5-6-15-29)20-10-3-2-4-11-20/h2-4,7-13,16-17,22,25,32H,5-6,14-15,18H2,1H3. The molecule has 0 bridgehead atoms. The summed E-state index contributed by atoms with van der Waals surface area (Å²) >= 11 is 0. The molecule has 0 saturated carbocycles. The molecule has 2 aromatic carbocycles. The number of aryl methyl sites for hydroxylation is 1. The van der Waals surface area contributed by atoms with E-state index in [1.807, 2.05) is 49.4 Å². The summed E-state index contributed by atoms with van der Waals surface area (Å²) in [5, 5.41) is 11.0. The maximum absolute atomic E-state index is 13.5. The molecule has 34 heavy (non-hydrogen) atoms. The number of hydrogen-bond donors (Lipinski definition) is 1. The zero-order valence-electron chi connectivity index (χ0n) is 19.2. The molecule has 0 radical (unpaired) electrons. The summed E-state index contributed by atoms with van der Waals surface area (Å²) in [7, 11) is 0. The second kappa shape index (κ2) is 9.31. The lowest BCUT2D eigenvalue weighted by molar-refractivity contribution is -0.130. The number of amides is 1. The number of aliphatic hydroxyl groups excluding tert-OH is 1. The Kier molecular flexibility index (Phi) is 6.07. The van der Waals surface area contributed by atoms with Crippen LogP contribution in [0.5, 0.6) is 0 Å². The van der Waals surface area contributed by atoms with E-state index in [0.717, 1.165) is 42.6 Å². The minimum atomic E-state index is -0.696. The normalized spacial score (nSPS) is 19.7. The number of aliphatic hydroxyl groups is 1. The van der Waals surface area contributed by atoms with E-state index in [9.17, 15) is 14.7 Å². The van der Waals surface area contributed by atoms with Crippen molar-refractivity contribution in [2.45, 2.75) is 31.8 Å². The molecule has 3 heterocycles. The molecule has 1 fully saturated rings. The molecule has 1 aromatic heterocycles. The predicted molar refractivity (Wildman–Crippen MR) is 128 cm³/mol. The summed E-state index contributed by atoms with van der Waals surface area (Å²) in [4.78, 5) is 30.9. The van der Waals surface area contributed by atoms with Crippen LogP contribution in [0.25, 0.3) is 0 Å². The summed E-state index contributed by atoms with van der Waals surface area (Å²) < 4.78 is 5.33. The van der Waals surface area contributed by atoms with Crippen molar-refractivity contribution in [3.8, 4) is 0 Å². The van der Waals surface area contributed by atoms with Gasteiger partial charge in [0, 0.05) is 6.54 Å². The molecule has 0 spiro atoms. The Labute approximate surface area is 199 Å². The van der Waals surface area contributed by atoms with Crippen LogP contribution in [-0.4, -0.2) is 46.2 Å². The molecule has 174 valence electrons. The Hall–Kier alpha value is -3.64. The number of nitrogens with zero attached hydrogens (tertiary/aromatic N) is 2. The molecule has 2 unspecified atom stereocenters. The van der Waals surface area contributed by atoms with Crippen LogP contribution in [0.4, 0.5) is 0 Å². The highest BCUT2D eigenvalue weighted by Crippen LogP contribution is 2.41. The lowest BCUT2D eigenvalue weighted by Crippen LogP contribution is -2.40. The number of hydrogen-bond acceptors (Lipinski definition) is 5. The van der Waals surface area contributed by atoms with Crippen molar-refractivity contribution in [2.75, 3.05) is 19.6 Å². The van der Waals surface area contributed by atoms with Crippen LogP contribution in [0.1, 0.15) is 52.2 Å². The third kappa shape index (κ3) is 4.05. The summed E-state index contributed by atoms with van der Waals surface area (Å²) in [5.74, 6) is -1.39. The third-order valence-corrected chi connectivity index (χ3v) is 6.79. The molecule has 6 heteroatoms. The highest BCUT2D eigenvalue weighted by atomic mass is 16.3. The number of ketones is 1. The SMILES string of the molecule is Cc1cccc(C2C(C(=O)c3ccco3)=C(O)C(=O)N2CC(c2ccccc2)N2CCCC2)c1. The first-order valence-electron chi connectivity index (χ1n) is 11.7. The summed E-state index contributed by atoms with van der Waals surface area (Å²) in [6.07, 6.45) is 3.65. The van der Waals surface area contributed by atoms with Crippen molar-refractivity contribution in [3.05, 3.63) is 107 Å². The van der Waals surface area contributed by atoms with Crippen LogP contribution in [0.15, 0.2) is 88.7 Å². The third-order valence-electron chi connectivity index (χ3n) is 6.79. The van der Waals surface area contributed by atoms with Gasteiger partial charge in [0.05, 0.1) is 23.9 Å². The van der Waals surface area contributed by atoms with Gasteiger partial charge in [0.2, 0.25) is 5.78 Å². The number of rotatable bonds is 7. The molecule has 1 amide bonds. The first kappa shape index (κ1) is 22.2. The molecule has 2 aliphatic heterocycles. The van der Waals surface area contributed by atoms with Crippen LogP contribution < -0.4 is 0 Å². The van der Waals surface area contributed by atoms with Crippen LogP contribution in [0.3, 0.4) is 0 Å². The lowest BCUT2D eigenvalue weighted by Gasteiger charge is -2.35. The number of benzene rings is 2. The zero-order valence-corrected chi connectivity index (χ0v) is 19.2. The molecular weight excluding hydrogens is 428 g/mol. The fraction of sp³-hybridized carbons (Fsp3) is 0.286. The second-order valence-corrected chi connectivity index (χ2v) is 9.01. The molecule has 6 nitrogen and oxygen atoms in total. The fourth-order valence-corrected chi connectivity index (χ4v) is 5.15. The Morgan fingerprint density at radius 3 is 2.50 bits per heavy atom. The minimum Gasteiger partial charge on any atom is -0.503 e. The Bertz CT molecular complexity index is 1210. The van der Waals surface area contributed by atoms with Gasteiger partial charge in [-0.25, -0.2) is 0 Å². The summed E-state index contributed by atoms with van der Waals surface area (Å²) in [5.41, 5.74) is 2.99. The first-order valence-corrected chi connectivity index (χ1v) is 11.7. The number of carbonyl (C=O) groups excluding carboxylic acids is 2. The van der Waals surface area contributed by atoms with Gasteiger partial charge in [0.25, 0.3) is 5.91 Å². The van der Waals surface area contributed by atoms with Gasteiger partial charge in [0.1, 0.15) is 0 Å². The lowest BCUT2D eigenvalue weighted by atomic mass is 9.93. The van der Waals surface area contributed by atoms with E-state index < -0.39 is 23.5 Å². The van der Waals surface area contributed by atoms with Crippen molar-refractivity contribution in [1.82, 2.24) is 9.80 Å². The van der Waals surface area contributed by atoms with Crippen molar-refractivity contribution in [3.63, 3.8) is 0 Å². The fourth-order valence-electron chi connectivity index (χ4n) is 5.15. The van der Waals surface area contributed by atoms with Gasteiger partial charge >= 0.3 is 0 Å². The van der Waals surface area contributed by atoms with Crippen molar-refractivity contribution in [2.24, 2.45) is 0 Å². The molecule has 1 saturated heterocycles. The van der Waals surface area contributed by atoms with E-state index in [4.69, 9.17) is 4.42 Å². The van der Waals surface area contributed by atoms with Gasteiger partial charge in [-0.2, -0.15) is 0 Å². The molecule has 5 rings (SSSR count). The number of carbonyl (C=O) groups is 2. The Morgan fingerprint density at radius 2 is 1.82 bits per heavy atom. The van der Waals surface area contributed by atoms with E-state index in [0.29, 0.717) is 6.54 Å². The van der Waals surface area contributed by atoms with Crippen LogP contribution in [-0.2, 0) is 4.79 Å². The monoisotopic (exact) mass is 456 g/mol. The van der Waals surface area contributed by atoms with Gasteiger partial charge in [-0.3, -0.25) is 14.5 Å². The number of Topliss-reactive ketones (excluding diaryl/α,β-unsaturated/α-hetero) is 1. The largest absolute Gasteiger partial charge is 0.503 e. The van der Waals surface area contributed by atoms with Crippen molar-refractivity contribution in [1.29, 1.82) is 0 Å². The minimum absolute atomic E-state index is 0.0363. The molecule has 0 aliphatic carbocycles. The first-order chi connectivity index (χ1) is 16.5. The van der Waals surface area contributed by atoms with Crippen molar-refractivity contribution < 1.29 is 19.1 Å². The molecular formula is C28H28N2O4. The van der Waals surface area contributed by atoms with Gasteiger partial charge in [-0.05, 0) is 56.1 Å². The van der Waals surface area contributed by atoms with Gasteiger partial charge in [-0.15, -0.1) is 0 Å². The molecule has 2 aliphatic rings. The van der Waals surface area contributed by atoms with Crippen LogP contribution in [0, 0.1) is 6.92 Å². The number of likely N-dealkylation sites (tertiary alicyclic amines) is 1. The van der Waals surface area contributed by atoms with E-state index in [2.05, 4.69) is 17.0 Å². The maximum atomic E-state index is 13.5. The van der Waals surface area contributed by atoms with E-state index >= 15 is 0 Å². The van der Waals surface area contributed by atoms with Gasteiger partial charge in [-0.1, -0.05) is 60.2 Å². The van der Waals surface area contributed by atoms with E-state index in [-0.39, 0.29) is 17.4 Å². The maximum Gasteiger partial charge on any atom is 0.290 e.